The van der Waals surface area contributed by atoms with Crippen LogP contribution in [-0.2, 0) is 0 Å². The van der Waals surface area contributed by atoms with Crippen LogP contribution in [0.4, 0.5) is 4.39 Å². The second-order valence-corrected chi connectivity index (χ2v) is 5.20. The van der Waals surface area contributed by atoms with Crippen molar-refractivity contribution in [3.05, 3.63) is 64.7 Å². The predicted molar refractivity (Wildman–Crippen MR) is 78.8 cm³/mol. The van der Waals surface area contributed by atoms with Gasteiger partial charge in [0, 0.05) is 10.0 Å². The topological polar surface area (TPSA) is 65.2 Å². The Morgan fingerprint density at radius 2 is 1.95 bits per heavy atom. The highest BCUT2D eigenvalue weighted by atomic mass is 79.9. The molecule has 0 aliphatic heterocycles. The Morgan fingerprint density at radius 3 is 2.59 bits per heavy atom. The van der Waals surface area contributed by atoms with Gasteiger partial charge in [-0.05, 0) is 42.5 Å². The van der Waals surface area contributed by atoms with Crippen molar-refractivity contribution in [3.8, 4) is 17.2 Å². The maximum Gasteiger partial charge on any atom is 0.346 e. The maximum absolute atomic E-state index is 13.7. The van der Waals surface area contributed by atoms with Crippen molar-refractivity contribution < 1.29 is 18.3 Å². The first-order valence-corrected chi connectivity index (χ1v) is 6.96. The van der Waals surface area contributed by atoms with E-state index < -0.39 is 11.8 Å². The van der Waals surface area contributed by atoms with Gasteiger partial charge in [0.1, 0.15) is 11.6 Å². The minimum absolute atomic E-state index is 0.135. The van der Waals surface area contributed by atoms with E-state index in [0.29, 0.717) is 15.9 Å². The molecular formula is C15H8BrFN2O3. The van der Waals surface area contributed by atoms with Crippen LogP contribution < -0.4 is 4.74 Å². The number of halogens is 2. The summed E-state index contributed by atoms with van der Waals surface area (Å²) < 4.78 is 24.4. The second-order valence-electron chi connectivity index (χ2n) is 4.28. The summed E-state index contributed by atoms with van der Waals surface area (Å²) in [4.78, 5) is 11.9. The van der Waals surface area contributed by atoms with Crippen molar-refractivity contribution >= 4 is 21.9 Å². The average molecular weight is 363 g/mol. The van der Waals surface area contributed by atoms with Gasteiger partial charge in [-0.15, -0.1) is 10.2 Å². The summed E-state index contributed by atoms with van der Waals surface area (Å²) >= 11 is 3.13. The van der Waals surface area contributed by atoms with E-state index in [1.165, 1.54) is 18.5 Å². The molecule has 110 valence electrons. The highest BCUT2D eigenvalue weighted by Crippen LogP contribution is 2.22. The van der Waals surface area contributed by atoms with E-state index in [0.717, 1.165) is 0 Å². The summed E-state index contributed by atoms with van der Waals surface area (Å²) in [5.41, 5.74) is 0.552. The third-order valence-electron chi connectivity index (χ3n) is 2.82. The van der Waals surface area contributed by atoms with Gasteiger partial charge in [0.15, 0.2) is 0 Å². The van der Waals surface area contributed by atoms with E-state index in [4.69, 9.17) is 9.15 Å². The summed E-state index contributed by atoms with van der Waals surface area (Å²) in [7, 11) is 0. The Morgan fingerprint density at radius 1 is 1.18 bits per heavy atom. The minimum atomic E-state index is -0.768. The van der Waals surface area contributed by atoms with E-state index in [-0.39, 0.29) is 11.3 Å². The number of esters is 1. The molecule has 2 aromatic carbocycles. The quantitative estimate of drug-likeness (QED) is 0.522. The van der Waals surface area contributed by atoms with Gasteiger partial charge < -0.3 is 9.15 Å². The third-order valence-corrected chi connectivity index (χ3v) is 3.32. The van der Waals surface area contributed by atoms with E-state index >= 15 is 0 Å². The first-order valence-electron chi connectivity index (χ1n) is 6.17. The van der Waals surface area contributed by atoms with Crippen LogP contribution in [0.3, 0.4) is 0 Å². The molecule has 3 aromatic rings. The van der Waals surface area contributed by atoms with E-state index in [1.54, 1.807) is 30.3 Å². The zero-order valence-electron chi connectivity index (χ0n) is 11.0. The SMILES string of the molecule is O=C(Oc1ccc(-c2nnco2)cc1)c1ccc(Br)cc1F. The molecule has 0 spiro atoms. The fraction of sp³-hybridized carbons (Fsp3) is 0. The average Bonchev–Trinajstić information content (AvgIpc) is 3.02. The Balaban J connectivity index is 1.77. The van der Waals surface area contributed by atoms with Gasteiger partial charge >= 0.3 is 5.97 Å². The molecule has 22 heavy (non-hydrogen) atoms. The van der Waals surface area contributed by atoms with E-state index in [2.05, 4.69) is 26.1 Å². The lowest BCUT2D eigenvalue weighted by Crippen LogP contribution is -2.10. The smallest absolute Gasteiger partial charge is 0.346 e. The summed E-state index contributed by atoms with van der Waals surface area (Å²) in [5, 5.41) is 7.34. The number of nitrogens with zero attached hydrogens (tertiary/aromatic N) is 2. The van der Waals surface area contributed by atoms with Gasteiger partial charge in [-0.1, -0.05) is 15.9 Å². The first-order chi connectivity index (χ1) is 10.6. The fourth-order valence-electron chi connectivity index (χ4n) is 1.78. The number of ether oxygens (including phenoxy) is 1. The molecule has 0 unspecified atom stereocenters. The van der Waals surface area contributed by atoms with Crippen LogP contribution in [0.1, 0.15) is 10.4 Å². The Bertz CT molecular complexity index is 804. The van der Waals surface area contributed by atoms with Crippen LogP contribution in [0, 0.1) is 5.82 Å². The van der Waals surface area contributed by atoms with Crippen LogP contribution in [0.2, 0.25) is 0 Å². The fourth-order valence-corrected chi connectivity index (χ4v) is 2.11. The van der Waals surface area contributed by atoms with Gasteiger partial charge in [-0.3, -0.25) is 0 Å². The van der Waals surface area contributed by atoms with Crippen molar-refractivity contribution in [1.29, 1.82) is 0 Å². The first kappa shape index (κ1) is 14.4. The molecule has 5 nitrogen and oxygen atoms in total. The largest absolute Gasteiger partial charge is 0.423 e. The van der Waals surface area contributed by atoms with Gasteiger partial charge in [-0.25, -0.2) is 9.18 Å². The van der Waals surface area contributed by atoms with Crippen LogP contribution >= 0.6 is 15.9 Å². The Kier molecular flexibility index (Phi) is 3.97. The number of benzene rings is 2. The number of hydrogen-bond acceptors (Lipinski definition) is 5. The van der Waals surface area contributed by atoms with Crippen LogP contribution in [0.5, 0.6) is 5.75 Å². The Labute approximate surface area is 132 Å². The monoisotopic (exact) mass is 362 g/mol. The minimum Gasteiger partial charge on any atom is -0.423 e. The van der Waals surface area contributed by atoms with Crippen LogP contribution in [0.25, 0.3) is 11.5 Å². The summed E-state index contributed by atoms with van der Waals surface area (Å²) in [5.74, 6) is -0.773. The number of carbonyl (C=O) groups is 1. The molecule has 1 heterocycles. The van der Waals surface area contributed by atoms with Crippen molar-refractivity contribution in [2.24, 2.45) is 0 Å². The van der Waals surface area contributed by atoms with Gasteiger partial charge in [0.25, 0.3) is 0 Å². The van der Waals surface area contributed by atoms with Crippen molar-refractivity contribution in [2.75, 3.05) is 0 Å². The zero-order chi connectivity index (χ0) is 15.5. The molecule has 0 fully saturated rings. The van der Waals surface area contributed by atoms with Gasteiger partial charge in [0.2, 0.25) is 12.3 Å². The molecule has 0 aliphatic carbocycles. The van der Waals surface area contributed by atoms with Crippen molar-refractivity contribution in [2.45, 2.75) is 0 Å². The molecule has 0 aliphatic rings. The molecular weight excluding hydrogens is 355 g/mol. The molecule has 0 N–H and O–H groups in total. The Hall–Kier alpha value is -2.54. The second kappa shape index (κ2) is 6.07. The molecule has 0 saturated heterocycles. The molecule has 0 bridgehead atoms. The maximum atomic E-state index is 13.7. The van der Waals surface area contributed by atoms with E-state index in [9.17, 15) is 9.18 Å². The van der Waals surface area contributed by atoms with Crippen molar-refractivity contribution in [1.82, 2.24) is 10.2 Å². The van der Waals surface area contributed by atoms with Crippen LogP contribution in [0.15, 0.2) is 57.7 Å². The molecule has 0 saturated carbocycles. The van der Waals surface area contributed by atoms with Crippen molar-refractivity contribution in [3.63, 3.8) is 0 Å². The standard InChI is InChI=1S/C15H8BrFN2O3/c16-10-3-6-12(13(17)7-10)15(20)22-11-4-1-9(2-5-11)14-19-18-8-21-14/h1-8H. The summed E-state index contributed by atoms with van der Waals surface area (Å²) in [6, 6.07) is 10.6. The highest BCUT2D eigenvalue weighted by molar-refractivity contribution is 9.10. The van der Waals surface area contributed by atoms with Crippen LogP contribution in [-0.4, -0.2) is 16.2 Å². The van der Waals surface area contributed by atoms with Gasteiger partial charge in [0.05, 0.1) is 5.56 Å². The number of hydrogen-bond donors (Lipinski definition) is 0. The molecule has 1 aromatic heterocycles. The number of aromatic nitrogens is 2. The lowest BCUT2D eigenvalue weighted by Gasteiger charge is -2.06. The predicted octanol–water partition coefficient (Wildman–Crippen LogP) is 3.86. The third kappa shape index (κ3) is 3.04. The molecule has 0 atom stereocenters. The van der Waals surface area contributed by atoms with E-state index in [1.807, 2.05) is 0 Å². The lowest BCUT2D eigenvalue weighted by molar-refractivity contribution is 0.0730. The lowest BCUT2D eigenvalue weighted by atomic mass is 10.2. The molecule has 0 amide bonds. The number of carbonyl (C=O) groups excluding carboxylic acids is 1. The number of rotatable bonds is 3. The molecule has 3 rings (SSSR count). The molecule has 0 radical (unpaired) electrons. The normalized spacial score (nSPS) is 10.5. The highest BCUT2D eigenvalue weighted by Gasteiger charge is 2.14. The summed E-state index contributed by atoms with van der Waals surface area (Å²) in [6.07, 6.45) is 1.22. The molecule has 7 heteroatoms. The summed E-state index contributed by atoms with van der Waals surface area (Å²) in [6.45, 7) is 0. The van der Waals surface area contributed by atoms with Gasteiger partial charge in [-0.2, -0.15) is 0 Å². The zero-order valence-corrected chi connectivity index (χ0v) is 12.6.